The summed E-state index contributed by atoms with van der Waals surface area (Å²) in [5.41, 5.74) is 3.63. The van der Waals surface area contributed by atoms with Crippen LogP contribution in [0, 0.1) is 3.57 Å². The zero-order valence-electron chi connectivity index (χ0n) is 9.17. The molecule has 0 aliphatic heterocycles. The Morgan fingerprint density at radius 2 is 2.00 bits per heavy atom. The molecule has 0 spiro atoms. The van der Waals surface area contributed by atoms with Gasteiger partial charge in [0.05, 0.1) is 8.07 Å². The number of hydrogen-bond acceptors (Lipinski definition) is 0. The molecule has 1 unspecified atom stereocenters. The third kappa shape index (κ3) is 3.61. The third-order valence-electron chi connectivity index (χ3n) is 2.66. The van der Waals surface area contributed by atoms with Gasteiger partial charge in [-0.2, -0.15) is 0 Å². The van der Waals surface area contributed by atoms with Gasteiger partial charge in [0.25, 0.3) is 0 Å². The van der Waals surface area contributed by atoms with E-state index in [1.165, 1.54) is 15.2 Å². The van der Waals surface area contributed by atoms with Gasteiger partial charge in [-0.3, -0.25) is 0 Å². The fraction of sp³-hybridized carbons (Fsp3) is 0.231. The first-order valence-corrected chi connectivity index (χ1v) is 9.16. The first-order chi connectivity index (χ1) is 7.11. The molecule has 0 heterocycles. The Hall–Kier alpha value is -0.353. The molecule has 0 aromatic heterocycles. The highest BCUT2D eigenvalue weighted by Crippen LogP contribution is 2.21. The van der Waals surface area contributed by atoms with E-state index >= 15 is 0 Å². The molecule has 0 saturated carbocycles. The van der Waals surface area contributed by atoms with Gasteiger partial charge in [0, 0.05) is 3.57 Å². The summed E-state index contributed by atoms with van der Waals surface area (Å²) in [6, 6.07) is 10.9. The van der Waals surface area contributed by atoms with Gasteiger partial charge < -0.3 is 0 Å². The van der Waals surface area contributed by atoms with Crippen molar-refractivity contribution in [1.82, 2.24) is 0 Å². The summed E-state index contributed by atoms with van der Waals surface area (Å²) < 4.78 is 1.36. The van der Waals surface area contributed by atoms with Crippen LogP contribution in [0.15, 0.2) is 49.2 Å². The van der Waals surface area contributed by atoms with E-state index in [4.69, 9.17) is 0 Å². The van der Waals surface area contributed by atoms with Crippen LogP contribution in [0.5, 0.6) is 0 Å². The maximum atomic E-state index is 3.99. The minimum absolute atomic E-state index is 1.11. The topological polar surface area (TPSA) is 0 Å². The quantitative estimate of drug-likeness (QED) is 0.428. The fourth-order valence-electron chi connectivity index (χ4n) is 1.63. The van der Waals surface area contributed by atoms with Crippen molar-refractivity contribution < 1.29 is 0 Å². The van der Waals surface area contributed by atoms with Gasteiger partial charge in [0.2, 0.25) is 0 Å². The maximum Gasteiger partial charge on any atom is 0.0820 e. The lowest BCUT2D eigenvalue weighted by atomic mass is 10.2. The van der Waals surface area contributed by atoms with Crippen molar-refractivity contribution in [3.63, 3.8) is 0 Å². The molecule has 0 N–H and O–H groups in total. The van der Waals surface area contributed by atoms with E-state index in [0.29, 0.717) is 0 Å². The average molecular weight is 328 g/mol. The maximum absolute atomic E-state index is 3.99. The van der Waals surface area contributed by atoms with Crippen LogP contribution in [0.25, 0.3) is 0 Å². The van der Waals surface area contributed by atoms with Crippen molar-refractivity contribution in [2.45, 2.75) is 18.6 Å². The lowest BCUT2D eigenvalue weighted by Gasteiger charge is -2.22. The second-order valence-electron chi connectivity index (χ2n) is 4.12. The summed E-state index contributed by atoms with van der Waals surface area (Å²) in [4.78, 5) is 0. The molecule has 0 radical (unpaired) electrons. The van der Waals surface area contributed by atoms with E-state index < -0.39 is 8.07 Å². The largest absolute Gasteiger partial charge is 0.107 e. The average Bonchev–Trinajstić information content (AvgIpc) is 2.22. The molecule has 80 valence electrons. The molecule has 0 nitrogen and oxygen atoms in total. The van der Waals surface area contributed by atoms with Crippen molar-refractivity contribution in [3.8, 4) is 0 Å². The number of halogens is 1. The SMILES string of the molecule is C=CC[Si](C)(C=C)Cc1ccccc1I. The minimum Gasteiger partial charge on any atom is -0.107 e. The van der Waals surface area contributed by atoms with E-state index in [-0.39, 0.29) is 0 Å². The van der Waals surface area contributed by atoms with E-state index in [2.05, 4.69) is 72.3 Å². The van der Waals surface area contributed by atoms with Gasteiger partial charge in [0.1, 0.15) is 0 Å². The summed E-state index contributed by atoms with van der Waals surface area (Å²) in [5, 5.41) is 0. The Kier molecular flexibility index (Phi) is 4.79. The van der Waals surface area contributed by atoms with Crippen LogP contribution in [0.1, 0.15) is 5.56 Å². The molecule has 0 amide bonds. The predicted octanol–water partition coefficient (Wildman–Crippen LogP) is 4.36. The number of benzene rings is 1. The number of hydrogen-bond donors (Lipinski definition) is 0. The van der Waals surface area contributed by atoms with Crippen molar-refractivity contribution in [1.29, 1.82) is 0 Å². The molecule has 0 bridgehead atoms. The van der Waals surface area contributed by atoms with E-state index in [0.717, 1.165) is 6.04 Å². The van der Waals surface area contributed by atoms with Crippen LogP contribution < -0.4 is 0 Å². The molecule has 0 fully saturated rings. The highest BCUT2D eigenvalue weighted by atomic mass is 127. The molecule has 2 heteroatoms. The van der Waals surface area contributed by atoms with Gasteiger partial charge >= 0.3 is 0 Å². The Morgan fingerprint density at radius 1 is 1.33 bits per heavy atom. The first kappa shape index (κ1) is 12.7. The summed E-state index contributed by atoms with van der Waals surface area (Å²) in [6.07, 6.45) is 2.03. The van der Waals surface area contributed by atoms with Gasteiger partial charge in [-0.25, -0.2) is 0 Å². The fourth-order valence-corrected chi connectivity index (χ4v) is 4.87. The lowest BCUT2D eigenvalue weighted by molar-refractivity contribution is 1.27. The smallest absolute Gasteiger partial charge is 0.0820 e. The second kappa shape index (κ2) is 5.65. The normalized spacial score (nSPS) is 14.3. The standard InChI is InChI=1S/C13H17ISi/c1-4-10-15(3,5-2)11-12-8-6-7-9-13(12)14/h4-9H,1-2,10-11H2,3H3. The molecule has 15 heavy (non-hydrogen) atoms. The van der Waals surface area contributed by atoms with Crippen molar-refractivity contribution >= 4 is 30.7 Å². The number of rotatable bonds is 5. The lowest BCUT2D eigenvalue weighted by Crippen LogP contribution is -2.30. The Morgan fingerprint density at radius 3 is 2.53 bits per heavy atom. The Bertz CT molecular complexity index is 359. The first-order valence-electron chi connectivity index (χ1n) is 5.09. The second-order valence-corrected chi connectivity index (χ2v) is 9.76. The van der Waals surface area contributed by atoms with Crippen molar-refractivity contribution in [2.75, 3.05) is 0 Å². The molecule has 1 aromatic rings. The third-order valence-corrected chi connectivity index (χ3v) is 7.10. The summed E-state index contributed by atoms with van der Waals surface area (Å²) >= 11 is 2.41. The summed E-state index contributed by atoms with van der Waals surface area (Å²) in [6.45, 7) is 10.2. The van der Waals surface area contributed by atoms with Gasteiger partial charge in [0.15, 0.2) is 0 Å². The molecule has 1 atom stereocenters. The van der Waals surface area contributed by atoms with Crippen LogP contribution in [-0.4, -0.2) is 8.07 Å². The summed E-state index contributed by atoms with van der Waals surface area (Å²) in [5.74, 6) is 0. The van der Waals surface area contributed by atoms with E-state index in [1.807, 2.05) is 6.08 Å². The van der Waals surface area contributed by atoms with Crippen molar-refractivity contribution in [3.05, 3.63) is 58.3 Å². The van der Waals surface area contributed by atoms with Gasteiger partial charge in [-0.05, 0) is 46.3 Å². The molecule has 0 saturated heterocycles. The number of allylic oxidation sites excluding steroid dienone is 1. The highest BCUT2D eigenvalue weighted by Gasteiger charge is 2.22. The molecular formula is C13H17ISi. The van der Waals surface area contributed by atoms with Gasteiger partial charge in [-0.15, -0.1) is 18.9 Å². The Labute approximate surface area is 107 Å². The predicted molar refractivity (Wildman–Crippen MR) is 79.7 cm³/mol. The van der Waals surface area contributed by atoms with Gasteiger partial charge in [-0.1, -0.05) is 30.8 Å². The minimum atomic E-state index is -1.35. The van der Waals surface area contributed by atoms with Crippen molar-refractivity contribution in [2.24, 2.45) is 0 Å². The van der Waals surface area contributed by atoms with E-state index in [9.17, 15) is 0 Å². The van der Waals surface area contributed by atoms with Crippen LogP contribution in [0.2, 0.25) is 12.6 Å². The zero-order chi connectivity index (χ0) is 11.3. The van der Waals surface area contributed by atoms with Crippen LogP contribution in [0.4, 0.5) is 0 Å². The monoisotopic (exact) mass is 328 g/mol. The molecular weight excluding hydrogens is 311 g/mol. The Balaban J connectivity index is 2.88. The zero-order valence-corrected chi connectivity index (χ0v) is 12.3. The molecule has 0 aliphatic carbocycles. The van der Waals surface area contributed by atoms with E-state index in [1.54, 1.807) is 0 Å². The molecule has 1 aromatic carbocycles. The van der Waals surface area contributed by atoms with Crippen LogP contribution >= 0.6 is 22.6 Å². The summed E-state index contributed by atoms with van der Waals surface area (Å²) in [7, 11) is -1.35. The van der Waals surface area contributed by atoms with Crippen LogP contribution in [0.3, 0.4) is 0 Å². The molecule has 0 aliphatic rings. The molecule has 1 rings (SSSR count). The highest BCUT2D eigenvalue weighted by molar-refractivity contribution is 14.1. The van der Waals surface area contributed by atoms with Crippen LogP contribution in [-0.2, 0) is 6.04 Å².